The molecule has 0 unspecified atom stereocenters. The molecule has 9 heteroatoms. The number of aromatic nitrogens is 4. The molecule has 0 bridgehead atoms. The van der Waals surface area contributed by atoms with Gasteiger partial charge in [0.05, 0.1) is 11.1 Å². The number of anilines is 2. The summed E-state index contributed by atoms with van der Waals surface area (Å²) < 4.78 is 1.81. The lowest BCUT2D eigenvalue weighted by Crippen LogP contribution is -2.13. The van der Waals surface area contributed by atoms with Crippen molar-refractivity contribution in [2.45, 2.75) is 27.3 Å². The van der Waals surface area contributed by atoms with E-state index in [-0.39, 0.29) is 5.91 Å². The van der Waals surface area contributed by atoms with Crippen LogP contribution in [0.15, 0.2) is 60.9 Å². The fraction of sp³-hybridized carbons (Fsp3) is 0.208. The first-order valence-corrected chi connectivity index (χ1v) is 10.6. The van der Waals surface area contributed by atoms with E-state index in [4.69, 9.17) is 5.73 Å². The molecule has 0 aliphatic rings. The number of carbonyl (C=O) groups excluding carboxylic acids is 2. The Balaban J connectivity index is 0.000000186. The van der Waals surface area contributed by atoms with Crippen LogP contribution in [0.2, 0.25) is 0 Å². The summed E-state index contributed by atoms with van der Waals surface area (Å²) in [6.45, 7) is 7.44. The van der Waals surface area contributed by atoms with Gasteiger partial charge in [0.1, 0.15) is 12.1 Å². The number of carbonyl (C=O) groups is 2. The van der Waals surface area contributed by atoms with E-state index in [0.717, 1.165) is 35.7 Å². The average molecular weight is 446 g/mol. The van der Waals surface area contributed by atoms with Crippen molar-refractivity contribution in [3.05, 3.63) is 77.9 Å². The maximum Gasteiger partial charge on any atom is 0.276 e. The largest absolute Gasteiger partial charge is 0.370 e. The zero-order valence-corrected chi connectivity index (χ0v) is 18.9. The summed E-state index contributed by atoms with van der Waals surface area (Å²) in [5, 5.41) is 11.0. The number of fused-ring (bicyclic) bond motifs is 1. The fourth-order valence-electron chi connectivity index (χ4n) is 3.25. The molecule has 33 heavy (non-hydrogen) atoms. The van der Waals surface area contributed by atoms with E-state index in [1.807, 2.05) is 57.2 Å². The highest BCUT2D eigenvalue weighted by Crippen LogP contribution is 2.21. The van der Waals surface area contributed by atoms with E-state index in [2.05, 4.69) is 25.7 Å². The number of rotatable bonds is 6. The van der Waals surface area contributed by atoms with Crippen LogP contribution in [0.3, 0.4) is 0 Å². The summed E-state index contributed by atoms with van der Waals surface area (Å²) in [7, 11) is 0. The first-order chi connectivity index (χ1) is 15.9. The number of primary amides is 1. The molecule has 4 rings (SSSR count). The predicted molar refractivity (Wildman–Crippen MR) is 129 cm³/mol. The number of aryl methyl sites for hydroxylation is 2. The van der Waals surface area contributed by atoms with Crippen molar-refractivity contribution in [2.75, 3.05) is 17.2 Å². The molecule has 4 N–H and O–H groups in total. The Morgan fingerprint density at radius 3 is 2.42 bits per heavy atom. The first kappa shape index (κ1) is 23.4. The molecule has 0 fully saturated rings. The molecule has 4 aromatic rings. The summed E-state index contributed by atoms with van der Waals surface area (Å²) in [6.07, 6.45) is 1.42. The van der Waals surface area contributed by atoms with Crippen LogP contribution < -0.4 is 16.4 Å². The number of hydrogen-bond donors (Lipinski definition) is 3. The van der Waals surface area contributed by atoms with Crippen molar-refractivity contribution in [3.63, 3.8) is 0 Å². The van der Waals surface area contributed by atoms with Crippen molar-refractivity contribution in [3.8, 4) is 0 Å². The van der Waals surface area contributed by atoms with Crippen LogP contribution in [0, 0.1) is 6.92 Å². The standard InChI is InChI=1S/C13H15N3O.C11H12N4O/c1-3-16-10(2)9-12(15-16)13(17)14-11-7-5-4-6-8-11;1-2-13-11-8-5-3-4-7(10(12)16)9(8)14-6-15-11/h4-9H,3H2,1-2H3,(H,14,17);3-6H,2H2,1H3,(H2,12,16)(H,13,14,15). The summed E-state index contributed by atoms with van der Waals surface area (Å²) in [5.74, 6) is 0.0637. The zero-order valence-electron chi connectivity index (χ0n) is 18.9. The quantitative estimate of drug-likeness (QED) is 0.416. The topological polar surface area (TPSA) is 128 Å². The van der Waals surface area contributed by atoms with E-state index in [9.17, 15) is 9.59 Å². The van der Waals surface area contributed by atoms with E-state index in [0.29, 0.717) is 16.8 Å². The highest BCUT2D eigenvalue weighted by molar-refractivity contribution is 6.06. The highest BCUT2D eigenvalue weighted by atomic mass is 16.2. The van der Waals surface area contributed by atoms with Crippen LogP contribution in [-0.4, -0.2) is 38.1 Å². The molecule has 2 aromatic carbocycles. The van der Waals surface area contributed by atoms with Crippen molar-refractivity contribution in [2.24, 2.45) is 5.73 Å². The average Bonchev–Trinajstić information content (AvgIpc) is 3.21. The van der Waals surface area contributed by atoms with Crippen molar-refractivity contribution in [1.29, 1.82) is 0 Å². The second-order valence-corrected chi connectivity index (χ2v) is 7.13. The highest BCUT2D eigenvalue weighted by Gasteiger charge is 2.12. The minimum Gasteiger partial charge on any atom is -0.370 e. The van der Waals surface area contributed by atoms with Crippen LogP contribution in [0.25, 0.3) is 10.9 Å². The van der Waals surface area contributed by atoms with E-state index in [1.54, 1.807) is 22.9 Å². The number of para-hydroxylation sites is 2. The van der Waals surface area contributed by atoms with Gasteiger partial charge in [0, 0.05) is 29.9 Å². The van der Waals surface area contributed by atoms with Crippen molar-refractivity contribution < 1.29 is 9.59 Å². The number of nitrogens with one attached hydrogen (secondary N) is 2. The number of nitrogens with two attached hydrogens (primary N) is 1. The van der Waals surface area contributed by atoms with E-state index < -0.39 is 5.91 Å². The summed E-state index contributed by atoms with van der Waals surface area (Å²) in [4.78, 5) is 31.4. The van der Waals surface area contributed by atoms with Gasteiger partial charge >= 0.3 is 0 Å². The monoisotopic (exact) mass is 445 g/mol. The molecule has 9 nitrogen and oxygen atoms in total. The number of hydrogen-bond acceptors (Lipinski definition) is 6. The van der Waals surface area contributed by atoms with Gasteiger partial charge in [-0.25, -0.2) is 9.97 Å². The molecule has 0 saturated carbocycles. The maximum atomic E-state index is 11.9. The molecule has 170 valence electrons. The molecule has 0 saturated heterocycles. The van der Waals surface area contributed by atoms with Gasteiger partial charge in [-0.3, -0.25) is 14.3 Å². The number of benzene rings is 2. The summed E-state index contributed by atoms with van der Waals surface area (Å²) in [5.41, 5.74) is 8.51. The Kier molecular flexibility index (Phi) is 7.69. The number of nitrogens with zero attached hydrogens (tertiary/aromatic N) is 4. The Morgan fingerprint density at radius 2 is 1.79 bits per heavy atom. The minimum atomic E-state index is -0.480. The molecule has 0 atom stereocenters. The van der Waals surface area contributed by atoms with Gasteiger partial charge in [-0.1, -0.05) is 24.3 Å². The maximum absolute atomic E-state index is 11.9. The Labute approximate surface area is 192 Å². The third kappa shape index (κ3) is 5.70. The Morgan fingerprint density at radius 1 is 1.03 bits per heavy atom. The molecule has 0 aliphatic heterocycles. The molecular formula is C24H27N7O2. The third-order valence-corrected chi connectivity index (χ3v) is 4.82. The first-order valence-electron chi connectivity index (χ1n) is 10.6. The molecule has 2 amide bonds. The number of amides is 2. The van der Waals surface area contributed by atoms with Crippen LogP contribution in [-0.2, 0) is 6.54 Å². The second kappa shape index (κ2) is 10.9. The smallest absolute Gasteiger partial charge is 0.276 e. The molecule has 2 heterocycles. The van der Waals surface area contributed by atoms with Gasteiger partial charge in [-0.05, 0) is 51.1 Å². The van der Waals surface area contributed by atoms with Gasteiger partial charge in [0.2, 0.25) is 0 Å². The molecular weight excluding hydrogens is 418 g/mol. The lowest BCUT2D eigenvalue weighted by atomic mass is 10.1. The van der Waals surface area contributed by atoms with Crippen LogP contribution in [0.1, 0.15) is 40.4 Å². The predicted octanol–water partition coefficient (Wildman–Crippen LogP) is 3.62. The Hall–Kier alpha value is -4.27. The SMILES string of the molecule is CCNc1ncnc2c(C(N)=O)cccc12.CCn1nc(C(=O)Nc2ccccc2)cc1C. The summed E-state index contributed by atoms with van der Waals surface area (Å²) in [6, 6.07) is 16.5. The lowest BCUT2D eigenvalue weighted by molar-refractivity contribution is 0.0998. The van der Waals surface area contributed by atoms with Gasteiger partial charge in [0.25, 0.3) is 11.8 Å². The van der Waals surface area contributed by atoms with Gasteiger partial charge in [0.15, 0.2) is 5.69 Å². The normalized spacial score (nSPS) is 10.3. The second-order valence-electron chi connectivity index (χ2n) is 7.13. The van der Waals surface area contributed by atoms with E-state index in [1.165, 1.54) is 6.33 Å². The molecule has 0 spiro atoms. The van der Waals surface area contributed by atoms with Gasteiger partial charge < -0.3 is 16.4 Å². The minimum absolute atomic E-state index is 0.175. The molecule has 2 aromatic heterocycles. The third-order valence-electron chi connectivity index (χ3n) is 4.82. The van der Waals surface area contributed by atoms with Crippen molar-refractivity contribution in [1.82, 2.24) is 19.7 Å². The fourth-order valence-corrected chi connectivity index (χ4v) is 3.25. The molecule has 0 radical (unpaired) electrons. The van der Waals surface area contributed by atoms with Gasteiger partial charge in [-0.15, -0.1) is 0 Å². The van der Waals surface area contributed by atoms with Crippen LogP contribution >= 0.6 is 0 Å². The van der Waals surface area contributed by atoms with E-state index >= 15 is 0 Å². The summed E-state index contributed by atoms with van der Waals surface area (Å²) >= 11 is 0. The zero-order chi connectivity index (χ0) is 23.8. The Bertz CT molecular complexity index is 1250. The van der Waals surface area contributed by atoms with Crippen LogP contribution in [0.5, 0.6) is 0 Å². The van der Waals surface area contributed by atoms with Crippen molar-refractivity contribution >= 4 is 34.2 Å². The molecule has 0 aliphatic carbocycles. The lowest BCUT2D eigenvalue weighted by Gasteiger charge is -2.07. The van der Waals surface area contributed by atoms with Crippen LogP contribution in [0.4, 0.5) is 11.5 Å². The van der Waals surface area contributed by atoms with Gasteiger partial charge in [-0.2, -0.15) is 5.10 Å².